The molecule has 2 heteroatoms. The van der Waals surface area contributed by atoms with Crippen molar-refractivity contribution in [3.05, 3.63) is 29.3 Å². The third-order valence-electron chi connectivity index (χ3n) is 3.97. The summed E-state index contributed by atoms with van der Waals surface area (Å²) in [6, 6.07) is 6.87. The Labute approximate surface area is 111 Å². The molecule has 2 N–H and O–H groups in total. The van der Waals surface area contributed by atoms with Gasteiger partial charge in [0, 0.05) is 12.2 Å². The van der Waals surface area contributed by atoms with Crippen LogP contribution >= 0.6 is 0 Å². The van der Waals surface area contributed by atoms with Gasteiger partial charge < -0.3 is 10.6 Å². The van der Waals surface area contributed by atoms with Crippen LogP contribution < -0.4 is 10.6 Å². The van der Waals surface area contributed by atoms with Gasteiger partial charge >= 0.3 is 0 Å². The van der Waals surface area contributed by atoms with Crippen molar-refractivity contribution < 1.29 is 0 Å². The lowest BCUT2D eigenvalue weighted by atomic mass is 9.91. The van der Waals surface area contributed by atoms with Gasteiger partial charge in [0.05, 0.1) is 0 Å². The van der Waals surface area contributed by atoms with Gasteiger partial charge in [0.2, 0.25) is 0 Å². The largest absolute Gasteiger partial charge is 0.385 e. The van der Waals surface area contributed by atoms with Crippen molar-refractivity contribution in [3.63, 3.8) is 0 Å². The highest BCUT2D eigenvalue weighted by Crippen LogP contribution is 2.22. The zero-order valence-electron chi connectivity index (χ0n) is 11.8. The van der Waals surface area contributed by atoms with Gasteiger partial charge in [-0.1, -0.05) is 12.1 Å². The molecule has 1 fully saturated rings. The van der Waals surface area contributed by atoms with Gasteiger partial charge in [-0.05, 0) is 75.7 Å². The Kier molecular flexibility index (Phi) is 5.06. The minimum atomic E-state index is 0.926. The molecule has 0 unspecified atom stereocenters. The van der Waals surface area contributed by atoms with Crippen LogP contribution in [0.5, 0.6) is 0 Å². The lowest BCUT2D eigenvalue weighted by molar-refractivity contribution is 0.354. The van der Waals surface area contributed by atoms with E-state index < -0.39 is 0 Å². The highest BCUT2D eigenvalue weighted by molar-refractivity contribution is 5.52. The van der Waals surface area contributed by atoms with Crippen LogP contribution in [0.2, 0.25) is 0 Å². The number of rotatable bonds is 5. The summed E-state index contributed by atoms with van der Waals surface area (Å²) in [6.07, 6.45) is 5.28. The fourth-order valence-electron chi connectivity index (χ4n) is 2.75. The van der Waals surface area contributed by atoms with Gasteiger partial charge in [-0.2, -0.15) is 0 Å². The standard InChI is InChI=1S/C16H26N2/c1-3-18-16-12-15(5-4-13(16)2)7-6-14-8-10-17-11-9-14/h4-5,12,14,17-18H,3,6-11H2,1-2H3. The second-order valence-corrected chi connectivity index (χ2v) is 5.41. The zero-order valence-corrected chi connectivity index (χ0v) is 11.8. The third kappa shape index (κ3) is 3.74. The van der Waals surface area contributed by atoms with E-state index in [9.17, 15) is 0 Å². The van der Waals surface area contributed by atoms with Gasteiger partial charge in [-0.15, -0.1) is 0 Å². The third-order valence-corrected chi connectivity index (χ3v) is 3.97. The Morgan fingerprint density at radius 2 is 2.06 bits per heavy atom. The number of benzene rings is 1. The summed E-state index contributed by atoms with van der Waals surface area (Å²) in [7, 11) is 0. The van der Waals surface area contributed by atoms with E-state index in [1.807, 2.05) is 0 Å². The Morgan fingerprint density at radius 1 is 1.28 bits per heavy atom. The van der Waals surface area contributed by atoms with Crippen molar-refractivity contribution >= 4 is 5.69 Å². The molecule has 100 valence electrons. The number of anilines is 1. The van der Waals surface area contributed by atoms with Crippen molar-refractivity contribution in [1.29, 1.82) is 0 Å². The van der Waals surface area contributed by atoms with Crippen LogP contribution in [0, 0.1) is 12.8 Å². The molecule has 0 radical (unpaired) electrons. The molecule has 18 heavy (non-hydrogen) atoms. The maximum atomic E-state index is 3.44. The van der Waals surface area contributed by atoms with Gasteiger partial charge in [0.15, 0.2) is 0 Å². The van der Waals surface area contributed by atoms with Crippen molar-refractivity contribution in [3.8, 4) is 0 Å². The molecule has 1 heterocycles. The first kappa shape index (κ1) is 13.4. The van der Waals surface area contributed by atoms with E-state index in [1.165, 1.54) is 55.6 Å². The summed E-state index contributed by atoms with van der Waals surface area (Å²) in [4.78, 5) is 0. The summed E-state index contributed by atoms with van der Waals surface area (Å²) in [5.41, 5.74) is 4.14. The van der Waals surface area contributed by atoms with Crippen LogP contribution in [-0.2, 0) is 6.42 Å². The molecule has 1 aromatic carbocycles. The summed E-state index contributed by atoms with van der Waals surface area (Å²) >= 11 is 0. The lowest BCUT2D eigenvalue weighted by Crippen LogP contribution is -2.27. The molecule has 0 amide bonds. The fraction of sp³-hybridized carbons (Fsp3) is 0.625. The average Bonchev–Trinajstić information content (AvgIpc) is 2.41. The predicted molar refractivity (Wildman–Crippen MR) is 79.3 cm³/mol. The summed E-state index contributed by atoms with van der Waals surface area (Å²) < 4.78 is 0. The first-order chi connectivity index (χ1) is 8.79. The maximum absolute atomic E-state index is 3.44. The number of hydrogen-bond acceptors (Lipinski definition) is 2. The van der Waals surface area contributed by atoms with E-state index in [0.29, 0.717) is 0 Å². The zero-order chi connectivity index (χ0) is 12.8. The van der Waals surface area contributed by atoms with Gasteiger partial charge in [0.1, 0.15) is 0 Å². The maximum Gasteiger partial charge on any atom is 0.0372 e. The summed E-state index contributed by atoms with van der Waals surface area (Å²) in [5, 5.41) is 6.88. The van der Waals surface area contributed by atoms with E-state index in [0.717, 1.165) is 12.5 Å². The molecule has 0 atom stereocenters. The minimum Gasteiger partial charge on any atom is -0.385 e. The fourth-order valence-corrected chi connectivity index (χ4v) is 2.75. The van der Waals surface area contributed by atoms with Crippen LogP contribution in [0.4, 0.5) is 5.69 Å². The molecule has 2 rings (SSSR count). The Hall–Kier alpha value is -1.02. The van der Waals surface area contributed by atoms with Crippen molar-refractivity contribution in [1.82, 2.24) is 5.32 Å². The van der Waals surface area contributed by atoms with Crippen LogP contribution in [0.3, 0.4) is 0 Å². The molecule has 1 aliphatic heterocycles. The van der Waals surface area contributed by atoms with Crippen LogP contribution in [-0.4, -0.2) is 19.6 Å². The molecule has 0 aliphatic carbocycles. The summed E-state index contributed by atoms with van der Waals surface area (Å²) in [5.74, 6) is 0.926. The van der Waals surface area contributed by atoms with Crippen LogP contribution in [0.1, 0.15) is 37.3 Å². The highest BCUT2D eigenvalue weighted by atomic mass is 14.9. The number of aryl methyl sites for hydroxylation is 2. The van der Waals surface area contributed by atoms with Crippen LogP contribution in [0.15, 0.2) is 18.2 Å². The van der Waals surface area contributed by atoms with Crippen LogP contribution in [0.25, 0.3) is 0 Å². The molecule has 0 saturated carbocycles. The van der Waals surface area contributed by atoms with E-state index in [4.69, 9.17) is 0 Å². The van der Waals surface area contributed by atoms with Gasteiger partial charge in [-0.3, -0.25) is 0 Å². The Morgan fingerprint density at radius 3 is 2.78 bits per heavy atom. The topological polar surface area (TPSA) is 24.1 Å². The predicted octanol–water partition coefficient (Wildman–Crippen LogP) is 3.36. The molecular weight excluding hydrogens is 220 g/mol. The first-order valence-corrected chi connectivity index (χ1v) is 7.33. The van der Waals surface area contributed by atoms with E-state index >= 15 is 0 Å². The van der Waals surface area contributed by atoms with E-state index in [1.54, 1.807) is 0 Å². The number of piperidine rings is 1. The highest BCUT2D eigenvalue weighted by Gasteiger charge is 2.12. The minimum absolute atomic E-state index is 0.926. The number of nitrogens with one attached hydrogen (secondary N) is 2. The van der Waals surface area contributed by atoms with Crippen molar-refractivity contribution in [2.24, 2.45) is 5.92 Å². The second kappa shape index (κ2) is 6.79. The van der Waals surface area contributed by atoms with E-state index in [2.05, 4.69) is 42.7 Å². The van der Waals surface area contributed by atoms with Gasteiger partial charge in [0.25, 0.3) is 0 Å². The Bertz CT molecular complexity index is 367. The molecule has 0 bridgehead atoms. The average molecular weight is 246 g/mol. The van der Waals surface area contributed by atoms with Gasteiger partial charge in [-0.25, -0.2) is 0 Å². The first-order valence-electron chi connectivity index (χ1n) is 7.33. The molecule has 0 spiro atoms. The number of hydrogen-bond donors (Lipinski definition) is 2. The smallest absolute Gasteiger partial charge is 0.0372 e. The Balaban J connectivity index is 1.90. The normalized spacial score (nSPS) is 16.8. The quantitative estimate of drug-likeness (QED) is 0.832. The molecule has 0 aromatic heterocycles. The van der Waals surface area contributed by atoms with E-state index in [-0.39, 0.29) is 0 Å². The monoisotopic (exact) mass is 246 g/mol. The summed E-state index contributed by atoms with van der Waals surface area (Å²) in [6.45, 7) is 7.75. The lowest BCUT2D eigenvalue weighted by Gasteiger charge is -2.22. The van der Waals surface area contributed by atoms with Crippen molar-refractivity contribution in [2.75, 3.05) is 25.0 Å². The molecule has 1 aliphatic rings. The molecule has 1 aromatic rings. The molecule has 1 saturated heterocycles. The molecular formula is C16H26N2. The van der Waals surface area contributed by atoms with Crippen molar-refractivity contribution in [2.45, 2.75) is 39.5 Å². The second-order valence-electron chi connectivity index (χ2n) is 5.41. The SMILES string of the molecule is CCNc1cc(CCC2CCNCC2)ccc1C. The molecule has 2 nitrogen and oxygen atoms in total.